The van der Waals surface area contributed by atoms with E-state index in [1.807, 2.05) is 0 Å². The van der Waals surface area contributed by atoms with Crippen LogP contribution in [0.1, 0.15) is 72.1 Å². The summed E-state index contributed by atoms with van der Waals surface area (Å²) >= 11 is 0. The van der Waals surface area contributed by atoms with Crippen LogP contribution in [0.25, 0.3) is 0 Å². The highest BCUT2D eigenvalue weighted by Crippen LogP contribution is 2.68. The number of fused-ring (bicyclic) bond motifs is 5. The quantitative estimate of drug-likeness (QED) is 0.634. The Kier molecular flexibility index (Phi) is 4.38. The highest BCUT2D eigenvalue weighted by molar-refractivity contribution is 5.84. The zero-order chi connectivity index (χ0) is 20.8. The molecule has 0 aromatic rings. The molecule has 2 saturated heterocycles. The fourth-order valence-electron chi connectivity index (χ4n) is 9.36. The van der Waals surface area contributed by atoms with E-state index in [1.54, 1.807) is 0 Å². The van der Waals surface area contributed by atoms with E-state index in [9.17, 15) is 4.79 Å². The molecule has 0 bridgehead atoms. The largest absolute Gasteiger partial charge is 0.348 e. The average Bonchev–Trinajstić information content (AvgIpc) is 3.41. The van der Waals surface area contributed by atoms with Crippen molar-refractivity contribution in [3.05, 3.63) is 0 Å². The van der Waals surface area contributed by atoms with Gasteiger partial charge in [-0.25, -0.2) is 0 Å². The smallest absolute Gasteiger partial charge is 0.169 e. The second-order valence-corrected chi connectivity index (χ2v) is 11.8. The maximum Gasteiger partial charge on any atom is 0.169 e. The molecule has 4 saturated carbocycles. The number of ether oxygens (including phenoxy) is 4. The van der Waals surface area contributed by atoms with E-state index >= 15 is 0 Å². The Hall–Kier alpha value is -0.490. The van der Waals surface area contributed by atoms with E-state index in [4.69, 9.17) is 18.9 Å². The molecule has 0 aromatic heterocycles. The number of carbonyl (C=O) groups is 1. The molecule has 1 spiro atoms. The normalized spacial score (nSPS) is 51.6. The molecule has 4 aliphatic carbocycles. The first-order chi connectivity index (χ1) is 14.3. The predicted octanol–water partition coefficient (Wildman–Crippen LogP) is 4.33. The van der Waals surface area contributed by atoms with E-state index < -0.39 is 5.79 Å². The summed E-state index contributed by atoms with van der Waals surface area (Å²) in [4.78, 5) is 13.9. The summed E-state index contributed by atoms with van der Waals surface area (Å²) in [5.74, 6) is 1.86. The lowest BCUT2D eigenvalue weighted by molar-refractivity contribution is -0.234. The average molecular weight is 419 g/mol. The number of ketones is 1. The van der Waals surface area contributed by atoms with Gasteiger partial charge in [0.1, 0.15) is 5.78 Å². The minimum Gasteiger partial charge on any atom is -0.348 e. The molecule has 30 heavy (non-hydrogen) atoms. The molecule has 6 rings (SSSR count). The van der Waals surface area contributed by atoms with E-state index in [-0.39, 0.29) is 22.5 Å². The summed E-state index contributed by atoms with van der Waals surface area (Å²) in [7, 11) is 0. The number of hydrogen-bond acceptors (Lipinski definition) is 5. The van der Waals surface area contributed by atoms with E-state index in [0.29, 0.717) is 49.1 Å². The van der Waals surface area contributed by atoms with Gasteiger partial charge in [-0.1, -0.05) is 13.8 Å². The summed E-state index contributed by atoms with van der Waals surface area (Å²) in [6.07, 6.45) is 8.41. The lowest BCUT2D eigenvalue weighted by Gasteiger charge is -2.61. The van der Waals surface area contributed by atoms with Crippen molar-refractivity contribution in [2.75, 3.05) is 26.4 Å². The van der Waals surface area contributed by atoms with Crippen molar-refractivity contribution in [1.82, 2.24) is 0 Å². The third kappa shape index (κ3) is 2.58. The Labute approximate surface area is 180 Å². The van der Waals surface area contributed by atoms with Crippen molar-refractivity contribution in [2.45, 2.75) is 83.7 Å². The Bertz CT molecular complexity index is 723. The van der Waals surface area contributed by atoms with E-state index in [1.165, 1.54) is 19.3 Å². The van der Waals surface area contributed by atoms with Crippen LogP contribution in [0.5, 0.6) is 0 Å². The molecule has 0 N–H and O–H groups in total. The second-order valence-electron chi connectivity index (χ2n) is 11.8. The lowest BCUT2D eigenvalue weighted by atomic mass is 9.44. The Morgan fingerprint density at radius 3 is 2.23 bits per heavy atom. The van der Waals surface area contributed by atoms with Crippen molar-refractivity contribution < 1.29 is 23.7 Å². The maximum absolute atomic E-state index is 13.9. The van der Waals surface area contributed by atoms with Crippen LogP contribution in [0, 0.1) is 40.4 Å². The molecule has 2 aliphatic heterocycles. The monoisotopic (exact) mass is 418 g/mol. The molecular weight excluding hydrogens is 380 g/mol. The van der Waals surface area contributed by atoms with Crippen molar-refractivity contribution in [1.29, 1.82) is 0 Å². The van der Waals surface area contributed by atoms with Gasteiger partial charge < -0.3 is 18.9 Å². The minimum absolute atomic E-state index is 0.00804. The van der Waals surface area contributed by atoms with E-state index in [2.05, 4.69) is 20.8 Å². The van der Waals surface area contributed by atoms with Gasteiger partial charge in [-0.15, -0.1) is 0 Å². The standard InChI is InChI=1S/C25H38O5/c1-22-8-9-25(29-12-13-30-25)14-16(22)4-5-17-18-6-7-20(24(3)27-10-11-28-24)23(18,2)15-19(26)21(17)22/h16-18,20-21H,4-15H2,1-3H3/t16-,17+,18+,20-,21+,22-,23-/m0/s1. The Morgan fingerprint density at radius 1 is 0.800 bits per heavy atom. The summed E-state index contributed by atoms with van der Waals surface area (Å²) < 4.78 is 24.4. The van der Waals surface area contributed by atoms with Gasteiger partial charge in [-0.05, 0) is 67.6 Å². The first kappa shape index (κ1) is 20.1. The third-order valence-corrected chi connectivity index (χ3v) is 10.7. The molecule has 6 fully saturated rings. The molecule has 0 aromatic carbocycles. The number of hydrogen-bond donors (Lipinski definition) is 0. The van der Waals surface area contributed by atoms with Gasteiger partial charge >= 0.3 is 0 Å². The van der Waals surface area contributed by atoms with Crippen LogP contribution >= 0.6 is 0 Å². The molecule has 5 heteroatoms. The van der Waals surface area contributed by atoms with Crippen LogP contribution in [-0.4, -0.2) is 43.8 Å². The van der Waals surface area contributed by atoms with Gasteiger partial charge in [0.05, 0.1) is 26.4 Å². The second kappa shape index (κ2) is 6.52. The predicted molar refractivity (Wildman–Crippen MR) is 111 cm³/mol. The first-order valence-electron chi connectivity index (χ1n) is 12.4. The topological polar surface area (TPSA) is 54.0 Å². The van der Waals surface area contributed by atoms with Crippen molar-refractivity contribution >= 4 is 5.78 Å². The van der Waals surface area contributed by atoms with Gasteiger partial charge in [0.2, 0.25) is 0 Å². The van der Waals surface area contributed by atoms with Crippen LogP contribution in [-0.2, 0) is 23.7 Å². The minimum atomic E-state index is -0.508. The highest BCUT2D eigenvalue weighted by atomic mass is 16.7. The van der Waals surface area contributed by atoms with Crippen LogP contribution in [0.4, 0.5) is 0 Å². The summed E-state index contributed by atoms with van der Waals surface area (Å²) in [6.45, 7) is 9.73. The number of Topliss-reactive ketones (excluding diaryl/α,β-unsaturated/α-hetero) is 1. The van der Waals surface area contributed by atoms with Gasteiger partial charge in [-0.3, -0.25) is 4.79 Å². The summed E-state index contributed by atoms with van der Waals surface area (Å²) in [5, 5.41) is 0. The SMILES string of the molecule is CC1([C@H]2CC[C@@H]3[C@H]4CC[C@H]5CC6(CC[C@]5(C)[C@H]4C(=O)C[C@@]32C)OCCO6)OCCO1. The third-order valence-electron chi connectivity index (χ3n) is 10.7. The first-order valence-corrected chi connectivity index (χ1v) is 12.4. The highest BCUT2D eigenvalue weighted by Gasteiger charge is 2.67. The van der Waals surface area contributed by atoms with Crippen molar-refractivity contribution in [2.24, 2.45) is 40.4 Å². The zero-order valence-electron chi connectivity index (χ0n) is 18.9. The van der Waals surface area contributed by atoms with Gasteiger partial charge in [0.25, 0.3) is 0 Å². The van der Waals surface area contributed by atoms with Crippen molar-refractivity contribution in [3.8, 4) is 0 Å². The fourth-order valence-corrected chi connectivity index (χ4v) is 9.36. The Balaban J connectivity index is 1.29. The maximum atomic E-state index is 13.9. The van der Waals surface area contributed by atoms with Gasteiger partial charge in [0.15, 0.2) is 11.6 Å². The fraction of sp³-hybridized carbons (Fsp3) is 0.960. The molecule has 6 aliphatic rings. The van der Waals surface area contributed by atoms with Crippen LogP contribution < -0.4 is 0 Å². The molecule has 5 nitrogen and oxygen atoms in total. The van der Waals surface area contributed by atoms with Crippen LogP contribution in [0.15, 0.2) is 0 Å². The van der Waals surface area contributed by atoms with E-state index in [0.717, 1.165) is 38.9 Å². The summed E-state index contributed by atoms with van der Waals surface area (Å²) in [6, 6.07) is 0. The lowest BCUT2D eigenvalue weighted by Crippen LogP contribution is -2.60. The number of rotatable bonds is 1. The van der Waals surface area contributed by atoms with Gasteiger partial charge in [-0.2, -0.15) is 0 Å². The molecule has 168 valence electrons. The van der Waals surface area contributed by atoms with Gasteiger partial charge in [0, 0.05) is 31.1 Å². The summed E-state index contributed by atoms with van der Waals surface area (Å²) in [5.41, 5.74) is 0.109. The van der Waals surface area contributed by atoms with Crippen LogP contribution in [0.2, 0.25) is 0 Å². The molecular formula is C25H38O5. The van der Waals surface area contributed by atoms with Crippen LogP contribution in [0.3, 0.4) is 0 Å². The number of carbonyl (C=O) groups excluding carboxylic acids is 1. The molecule has 0 radical (unpaired) electrons. The molecule has 0 unspecified atom stereocenters. The molecule has 0 amide bonds. The molecule has 7 atom stereocenters. The Morgan fingerprint density at radius 2 is 1.50 bits per heavy atom. The zero-order valence-corrected chi connectivity index (χ0v) is 18.9. The molecule has 2 heterocycles. The van der Waals surface area contributed by atoms with Crippen molar-refractivity contribution in [3.63, 3.8) is 0 Å².